The molecule has 7 aromatic rings. The summed E-state index contributed by atoms with van der Waals surface area (Å²) in [5, 5.41) is 1.49. The van der Waals surface area contributed by atoms with Crippen LogP contribution in [0.3, 0.4) is 0 Å². The van der Waals surface area contributed by atoms with Gasteiger partial charge in [0.1, 0.15) is 0 Å². The van der Waals surface area contributed by atoms with Gasteiger partial charge >= 0.3 is 0 Å². The van der Waals surface area contributed by atoms with E-state index in [9.17, 15) is 0 Å². The molecule has 232 valence electrons. The normalized spacial score (nSPS) is 13.1. The summed E-state index contributed by atoms with van der Waals surface area (Å²) >= 11 is 0. The van der Waals surface area contributed by atoms with Gasteiger partial charge in [-0.25, -0.2) is 0 Å². The van der Waals surface area contributed by atoms with Crippen molar-refractivity contribution in [3.05, 3.63) is 204 Å². The van der Waals surface area contributed by atoms with Gasteiger partial charge in [0.05, 0.1) is 13.5 Å². The molecule has 2 heteroatoms. The van der Waals surface area contributed by atoms with E-state index < -0.39 is 13.5 Å². The van der Waals surface area contributed by atoms with Crippen LogP contribution in [0.2, 0.25) is 19.6 Å². The van der Waals surface area contributed by atoms with E-state index in [0.29, 0.717) is 0 Å². The average molecular weight is 634 g/mol. The number of benzene rings is 7. The van der Waals surface area contributed by atoms with Crippen LogP contribution in [0.5, 0.6) is 0 Å². The van der Waals surface area contributed by atoms with E-state index in [1.807, 2.05) is 0 Å². The van der Waals surface area contributed by atoms with Gasteiger partial charge in [-0.05, 0) is 80.9 Å². The van der Waals surface area contributed by atoms with Crippen molar-refractivity contribution in [1.82, 2.24) is 0 Å². The van der Waals surface area contributed by atoms with E-state index in [1.54, 1.807) is 0 Å². The first kappa shape index (κ1) is 29.9. The number of fused-ring (bicyclic) bond motifs is 3. The van der Waals surface area contributed by atoms with E-state index in [1.165, 1.54) is 49.7 Å². The van der Waals surface area contributed by atoms with Gasteiger partial charge in [0.25, 0.3) is 0 Å². The molecule has 0 heterocycles. The van der Waals surface area contributed by atoms with Gasteiger partial charge in [0, 0.05) is 17.1 Å². The Bertz CT molecular complexity index is 2140. The molecule has 0 unspecified atom stereocenters. The van der Waals surface area contributed by atoms with Crippen LogP contribution in [-0.4, -0.2) is 8.07 Å². The number of rotatable bonds is 7. The largest absolute Gasteiger partial charge is 0.310 e. The SMILES string of the molecule is C[Si](C)(C)c1ccc(-c2ccc(N(c3ccccc3)c3ccc4c(c3)C(c3ccccc3)(c3ccccc3)c3ccccc3-4)cc2)cc1. The zero-order valence-corrected chi connectivity index (χ0v) is 28.8. The van der Waals surface area contributed by atoms with Crippen molar-refractivity contribution in [3.8, 4) is 22.3 Å². The van der Waals surface area contributed by atoms with Crippen molar-refractivity contribution >= 4 is 30.3 Å². The quantitative estimate of drug-likeness (QED) is 0.158. The second-order valence-corrected chi connectivity index (χ2v) is 18.9. The molecular weight excluding hydrogens is 595 g/mol. The first-order valence-electron chi connectivity index (χ1n) is 16.9. The average Bonchev–Trinajstić information content (AvgIpc) is 3.43. The molecule has 8 rings (SSSR count). The third kappa shape index (κ3) is 5.01. The first-order chi connectivity index (χ1) is 23.4. The van der Waals surface area contributed by atoms with Gasteiger partial charge < -0.3 is 4.90 Å². The zero-order chi connectivity index (χ0) is 32.7. The molecule has 0 saturated heterocycles. The molecule has 48 heavy (non-hydrogen) atoms. The molecule has 0 fully saturated rings. The molecule has 1 nitrogen and oxygen atoms in total. The molecule has 7 aromatic carbocycles. The lowest BCUT2D eigenvalue weighted by Gasteiger charge is -2.35. The third-order valence-corrected chi connectivity index (χ3v) is 12.0. The molecule has 0 N–H and O–H groups in total. The monoisotopic (exact) mass is 633 g/mol. The standard InChI is InChI=1S/C46H39NSi/c1-48(2,3)41-30-25-35(26-31-41)34-23-27-39(28-24-34)47(38-19-11-6-12-20-38)40-29-32-43-42-21-13-14-22-44(42)46(45(43)33-40,36-15-7-4-8-16-36)37-17-9-5-10-18-37/h4-33H,1-3H3. The van der Waals surface area contributed by atoms with Crippen molar-refractivity contribution in [2.24, 2.45) is 0 Å². The van der Waals surface area contributed by atoms with Gasteiger partial charge in [-0.3, -0.25) is 0 Å². The summed E-state index contributed by atoms with van der Waals surface area (Å²) in [6.45, 7) is 7.20. The Kier molecular flexibility index (Phi) is 7.47. The zero-order valence-electron chi connectivity index (χ0n) is 27.8. The molecule has 0 radical (unpaired) electrons. The fourth-order valence-electron chi connectivity index (χ4n) is 7.56. The molecule has 0 spiro atoms. The Morgan fingerprint density at radius 1 is 0.396 bits per heavy atom. The van der Waals surface area contributed by atoms with Crippen molar-refractivity contribution in [2.45, 2.75) is 25.1 Å². The first-order valence-corrected chi connectivity index (χ1v) is 20.4. The van der Waals surface area contributed by atoms with Crippen LogP contribution in [0, 0.1) is 0 Å². The van der Waals surface area contributed by atoms with E-state index in [-0.39, 0.29) is 0 Å². The Morgan fingerprint density at radius 3 is 1.44 bits per heavy atom. The molecule has 0 saturated carbocycles. The summed E-state index contributed by atoms with van der Waals surface area (Å²) in [7, 11) is -1.34. The fraction of sp³-hybridized carbons (Fsp3) is 0.0870. The highest BCUT2D eigenvalue weighted by atomic mass is 28.3. The van der Waals surface area contributed by atoms with Crippen LogP contribution in [0.1, 0.15) is 22.3 Å². The van der Waals surface area contributed by atoms with Crippen molar-refractivity contribution < 1.29 is 0 Å². The van der Waals surface area contributed by atoms with E-state index in [4.69, 9.17) is 0 Å². The van der Waals surface area contributed by atoms with E-state index in [2.05, 4.69) is 207 Å². The summed E-state index contributed by atoms with van der Waals surface area (Å²) in [6.07, 6.45) is 0. The minimum absolute atomic E-state index is 0.446. The Hall–Kier alpha value is -5.44. The molecule has 0 amide bonds. The van der Waals surface area contributed by atoms with E-state index >= 15 is 0 Å². The minimum Gasteiger partial charge on any atom is -0.310 e. The van der Waals surface area contributed by atoms with Crippen molar-refractivity contribution in [1.29, 1.82) is 0 Å². The number of hydrogen-bond acceptors (Lipinski definition) is 1. The predicted octanol–water partition coefficient (Wildman–Crippen LogP) is 11.7. The smallest absolute Gasteiger partial charge is 0.0775 e. The molecule has 0 aromatic heterocycles. The highest BCUT2D eigenvalue weighted by molar-refractivity contribution is 6.88. The summed E-state index contributed by atoms with van der Waals surface area (Å²) in [5.41, 5.74) is 13.2. The summed E-state index contributed by atoms with van der Waals surface area (Å²) in [4.78, 5) is 2.39. The maximum Gasteiger partial charge on any atom is 0.0775 e. The molecule has 1 aliphatic carbocycles. The summed E-state index contributed by atoms with van der Waals surface area (Å²) < 4.78 is 0. The molecule has 0 aliphatic heterocycles. The maximum atomic E-state index is 2.44. The Balaban J connectivity index is 1.30. The number of nitrogens with zero attached hydrogens (tertiary/aromatic N) is 1. The minimum atomic E-state index is -1.34. The summed E-state index contributed by atoms with van der Waals surface area (Å²) in [6, 6.07) is 67.0. The third-order valence-electron chi connectivity index (χ3n) is 9.92. The second-order valence-electron chi connectivity index (χ2n) is 13.8. The Morgan fingerprint density at radius 2 is 0.854 bits per heavy atom. The highest BCUT2D eigenvalue weighted by Crippen LogP contribution is 2.57. The predicted molar refractivity (Wildman–Crippen MR) is 207 cm³/mol. The van der Waals surface area contributed by atoms with Crippen LogP contribution in [-0.2, 0) is 5.41 Å². The molecular formula is C46H39NSi. The summed E-state index contributed by atoms with van der Waals surface area (Å²) in [5.74, 6) is 0. The van der Waals surface area contributed by atoms with Crippen molar-refractivity contribution in [3.63, 3.8) is 0 Å². The van der Waals surface area contributed by atoms with Crippen LogP contribution in [0.15, 0.2) is 182 Å². The van der Waals surface area contributed by atoms with Gasteiger partial charge in [-0.15, -0.1) is 0 Å². The molecule has 0 bridgehead atoms. The van der Waals surface area contributed by atoms with Crippen LogP contribution >= 0.6 is 0 Å². The number of hydrogen-bond donors (Lipinski definition) is 0. The maximum absolute atomic E-state index is 2.44. The van der Waals surface area contributed by atoms with Gasteiger partial charge in [0.2, 0.25) is 0 Å². The van der Waals surface area contributed by atoms with Crippen LogP contribution < -0.4 is 10.1 Å². The number of para-hydroxylation sites is 1. The lowest BCUT2D eigenvalue weighted by Crippen LogP contribution is -2.37. The molecule has 0 atom stereocenters. The van der Waals surface area contributed by atoms with Gasteiger partial charge in [-0.1, -0.05) is 170 Å². The van der Waals surface area contributed by atoms with Gasteiger partial charge in [-0.2, -0.15) is 0 Å². The number of anilines is 3. The fourth-order valence-corrected chi connectivity index (χ4v) is 8.73. The lowest BCUT2D eigenvalue weighted by molar-refractivity contribution is 0.768. The van der Waals surface area contributed by atoms with Crippen molar-refractivity contribution in [2.75, 3.05) is 4.90 Å². The van der Waals surface area contributed by atoms with Crippen LogP contribution in [0.25, 0.3) is 22.3 Å². The van der Waals surface area contributed by atoms with E-state index in [0.717, 1.165) is 17.1 Å². The second kappa shape index (κ2) is 12.0. The molecule has 1 aliphatic rings. The topological polar surface area (TPSA) is 3.24 Å². The Labute approximate surface area is 285 Å². The lowest BCUT2D eigenvalue weighted by atomic mass is 9.67. The van der Waals surface area contributed by atoms with Gasteiger partial charge in [0.15, 0.2) is 0 Å². The van der Waals surface area contributed by atoms with Crippen LogP contribution in [0.4, 0.5) is 17.1 Å². The highest BCUT2D eigenvalue weighted by Gasteiger charge is 2.46.